The number of methoxy groups -OCH3 is 2. The van der Waals surface area contributed by atoms with Gasteiger partial charge in [0.15, 0.2) is 28.3 Å². The zero-order valence-electron chi connectivity index (χ0n) is 16.6. The fraction of sp³-hybridized carbons (Fsp3) is 0.227. The number of ether oxygens (including phenoxy) is 2. The fourth-order valence-corrected chi connectivity index (χ4v) is 4.88. The Kier molecular flexibility index (Phi) is 5.97. The van der Waals surface area contributed by atoms with Gasteiger partial charge in [-0.2, -0.15) is 0 Å². The van der Waals surface area contributed by atoms with Crippen LogP contribution in [0.3, 0.4) is 0 Å². The fourth-order valence-electron chi connectivity index (χ4n) is 3.49. The van der Waals surface area contributed by atoms with Crippen LogP contribution >= 0.6 is 27.7 Å². The van der Waals surface area contributed by atoms with E-state index in [0.717, 1.165) is 21.4 Å². The Morgan fingerprint density at radius 2 is 1.90 bits per heavy atom. The van der Waals surface area contributed by atoms with E-state index in [0.29, 0.717) is 35.2 Å². The van der Waals surface area contributed by atoms with Gasteiger partial charge in [-0.3, -0.25) is 9.36 Å². The minimum Gasteiger partial charge on any atom is -0.493 e. The molecule has 1 atom stereocenters. The van der Waals surface area contributed by atoms with Gasteiger partial charge >= 0.3 is 0 Å². The summed E-state index contributed by atoms with van der Waals surface area (Å²) in [4.78, 5) is 13.1. The zero-order chi connectivity index (χ0) is 21.3. The summed E-state index contributed by atoms with van der Waals surface area (Å²) >= 11 is 4.88. The molecule has 1 unspecified atom stereocenters. The van der Waals surface area contributed by atoms with Crippen LogP contribution in [0.1, 0.15) is 15.9 Å². The molecule has 0 bridgehead atoms. The van der Waals surface area contributed by atoms with Crippen molar-refractivity contribution < 1.29 is 14.3 Å². The Morgan fingerprint density at radius 3 is 2.57 bits per heavy atom. The van der Waals surface area contributed by atoms with Crippen LogP contribution in [0.4, 0.5) is 0 Å². The molecule has 1 aliphatic carbocycles. The smallest absolute Gasteiger partial charge is 0.192 e. The maximum absolute atomic E-state index is 13.1. The van der Waals surface area contributed by atoms with Crippen LogP contribution in [-0.2, 0) is 13.0 Å². The van der Waals surface area contributed by atoms with E-state index in [4.69, 9.17) is 9.47 Å². The van der Waals surface area contributed by atoms with Crippen molar-refractivity contribution in [3.8, 4) is 22.9 Å². The SMILES string of the molecule is C=CCn1c(SC2Cc3cc(OC)c(OC)cc3C2=O)nnc1-c1ccc(Br)cc1. The Morgan fingerprint density at radius 1 is 1.20 bits per heavy atom. The van der Waals surface area contributed by atoms with Gasteiger partial charge < -0.3 is 9.47 Å². The highest BCUT2D eigenvalue weighted by atomic mass is 79.9. The van der Waals surface area contributed by atoms with Crippen LogP contribution in [0.15, 0.2) is 58.7 Å². The number of nitrogens with zero attached hydrogens (tertiary/aromatic N) is 3. The van der Waals surface area contributed by atoms with Gasteiger partial charge in [0.1, 0.15) is 0 Å². The summed E-state index contributed by atoms with van der Waals surface area (Å²) in [6.45, 7) is 4.41. The van der Waals surface area contributed by atoms with Crippen molar-refractivity contribution in [3.05, 3.63) is 64.7 Å². The maximum Gasteiger partial charge on any atom is 0.192 e. The standard InChI is InChI=1S/C22H20BrN3O3S/c1-4-9-26-21(13-5-7-15(23)8-6-13)24-25-22(26)30-19-11-14-10-17(28-2)18(29-3)12-16(14)20(19)27/h4-8,10,12,19H,1,9,11H2,2-3H3. The van der Waals surface area contributed by atoms with Crippen LogP contribution in [-0.4, -0.2) is 40.0 Å². The van der Waals surface area contributed by atoms with E-state index < -0.39 is 0 Å². The van der Waals surface area contributed by atoms with E-state index in [1.54, 1.807) is 26.4 Å². The molecule has 1 aliphatic rings. The summed E-state index contributed by atoms with van der Waals surface area (Å²) in [5.74, 6) is 2.00. The van der Waals surface area contributed by atoms with E-state index in [2.05, 4.69) is 32.7 Å². The molecule has 154 valence electrons. The highest BCUT2D eigenvalue weighted by molar-refractivity contribution is 9.10. The van der Waals surface area contributed by atoms with Crippen molar-refractivity contribution in [2.24, 2.45) is 0 Å². The van der Waals surface area contributed by atoms with Crippen molar-refractivity contribution >= 4 is 33.5 Å². The van der Waals surface area contributed by atoms with E-state index in [1.165, 1.54) is 11.8 Å². The van der Waals surface area contributed by atoms with Crippen LogP contribution in [0.5, 0.6) is 11.5 Å². The molecule has 0 N–H and O–H groups in total. The summed E-state index contributed by atoms with van der Waals surface area (Å²) in [6, 6.07) is 11.5. The van der Waals surface area contributed by atoms with Gasteiger partial charge in [0.05, 0.1) is 19.5 Å². The predicted octanol–water partition coefficient (Wildman–Crippen LogP) is 4.81. The van der Waals surface area contributed by atoms with Crippen LogP contribution < -0.4 is 9.47 Å². The molecule has 0 amide bonds. The van der Waals surface area contributed by atoms with Crippen LogP contribution in [0.25, 0.3) is 11.4 Å². The van der Waals surface area contributed by atoms with Crippen molar-refractivity contribution in [2.45, 2.75) is 23.4 Å². The molecule has 3 aromatic rings. The number of thioether (sulfide) groups is 1. The van der Waals surface area contributed by atoms with Crippen molar-refractivity contribution in [2.75, 3.05) is 14.2 Å². The van der Waals surface area contributed by atoms with Crippen molar-refractivity contribution in [1.29, 1.82) is 0 Å². The molecule has 1 heterocycles. The number of aromatic nitrogens is 3. The highest BCUT2D eigenvalue weighted by Crippen LogP contribution is 2.40. The third-order valence-corrected chi connectivity index (χ3v) is 6.66. The Balaban J connectivity index is 1.64. The van der Waals surface area contributed by atoms with Gasteiger partial charge in [-0.05, 0) is 36.2 Å². The van der Waals surface area contributed by atoms with Crippen molar-refractivity contribution in [3.63, 3.8) is 0 Å². The number of ketones is 1. The largest absolute Gasteiger partial charge is 0.493 e. The number of carbonyl (C=O) groups excluding carboxylic acids is 1. The number of benzene rings is 2. The van der Waals surface area contributed by atoms with Crippen LogP contribution in [0, 0.1) is 0 Å². The van der Waals surface area contributed by atoms with Gasteiger partial charge in [0, 0.05) is 22.1 Å². The molecule has 0 spiro atoms. The molecule has 6 nitrogen and oxygen atoms in total. The first kappa shape index (κ1) is 20.7. The number of hydrogen-bond donors (Lipinski definition) is 0. The lowest BCUT2D eigenvalue weighted by atomic mass is 10.1. The third-order valence-electron chi connectivity index (χ3n) is 4.95. The molecule has 0 saturated carbocycles. The Bertz CT molecular complexity index is 1110. The molecular weight excluding hydrogens is 466 g/mol. The lowest BCUT2D eigenvalue weighted by molar-refractivity contribution is 0.1000. The monoisotopic (exact) mass is 485 g/mol. The first-order valence-corrected chi connectivity index (χ1v) is 11.0. The molecule has 0 aliphatic heterocycles. The van der Waals surface area contributed by atoms with E-state index >= 15 is 0 Å². The van der Waals surface area contributed by atoms with Gasteiger partial charge in [0.2, 0.25) is 0 Å². The molecule has 4 rings (SSSR count). The molecular formula is C22H20BrN3O3S. The van der Waals surface area contributed by atoms with Gasteiger partial charge in [0.25, 0.3) is 0 Å². The molecule has 0 radical (unpaired) electrons. The topological polar surface area (TPSA) is 66.2 Å². The lowest BCUT2D eigenvalue weighted by Gasteiger charge is -2.10. The van der Waals surface area contributed by atoms with Gasteiger partial charge in [-0.15, -0.1) is 16.8 Å². The molecule has 0 fully saturated rings. The quantitative estimate of drug-likeness (QED) is 0.447. The number of fused-ring (bicyclic) bond motifs is 1. The second-order valence-corrected chi connectivity index (χ2v) is 8.84. The number of rotatable bonds is 7. The summed E-state index contributed by atoms with van der Waals surface area (Å²) in [6.07, 6.45) is 2.41. The number of Topliss-reactive ketones (excluding diaryl/α,β-unsaturated/α-hetero) is 1. The minimum absolute atomic E-state index is 0.0642. The van der Waals surface area contributed by atoms with E-state index in [9.17, 15) is 4.79 Å². The summed E-state index contributed by atoms with van der Waals surface area (Å²) < 4.78 is 13.7. The Labute approximate surface area is 187 Å². The molecule has 0 saturated heterocycles. The molecule has 30 heavy (non-hydrogen) atoms. The van der Waals surface area contributed by atoms with Crippen molar-refractivity contribution in [1.82, 2.24) is 14.8 Å². The zero-order valence-corrected chi connectivity index (χ0v) is 19.0. The van der Waals surface area contributed by atoms with Gasteiger partial charge in [-0.1, -0.05) is 45.9 Å². The number of halogens is 1. The number of allylic oxidation sites excluding steroid dienone is 1. The summed E-state index contributed by atoms with van der Waals surface area (Å²) in [5.41, 5.74) is 2.58. The number of hydrogen-bond acceptors (Lipinski definition) is 6. The molecule has 1 aromatic heterocycles. The third kappa shape index (κ3) is 3.77. The molecule has 2 aromatic carbocycles. The second-order valence-electron chi connectivity index (χ2n) is 6.75. The first-order chi connectivity index (χ1) is 14.5. The van der Waals surface area contributed by atoms with Gasteiger partial charge in [-0.25, -0.2) is 0 Å². The van der Waals surface area contributed by atoms with E-state index in [1.807, 2.05) is 34.9 Å². The van der Waals surface area contributed by atoms with Crippen LogP contribution in [0.2, 0.25) is 0 Å². The minimum atomic E-state index is -0.276. The molecule has 8 heteroatoms. The normalized spacial score (nSPS) is 15.2. The lowest BCUT2D eigenvalue weighted by Crippen LogP contribution is -2.13. The maximum atomic E-state index is 13.1. The Hall–Kier alpha value is -2.58. The predicted molar refractivity (Wildman–Crippen MR) is 121 cm³/mol. The summed E-state index contributed by atoms with van der Waals surface area (Å²) in [7, 11) is 3.16. The average molecular weight is 486 g/mol. The second kappa shape index (κ2) is 8.65. The highest BCUT2D eigenvalue weighted by Gasteiger charge is 2.34. The average Bonchev–Trinajstić information content (AvgIpc) is 3.29. The summed E-state index contributed by atoms with van der Waals surface area (Å²) in [5, 5.41) is 9.18. The number of carbonyl (C=O) groups is 1. The first-order valence-electron chi connectivity index (χ1n) is 9.31. The van der Waals surface area contributed by atoms with E-state index in [-0.39, 0.29) is 11.0 Å².